The van der Waals surface area contributed by atoms with Crippen LogP contribution < -0.4 is 10.1 Å². The summed E-state index contributed by atoms with van der Waals surface area (Å²) in [6.45, 7) is 2.84. The molecular weight excluding hydrogens is 488 g/mol. The molecule has 1 aliphatic rings. The van der Waals surface area contributed by atoms with Crippen molar-refractivity contribution in [2.75, 3.05) is 18.4 Å². The van der Waals surface area contributed by atoms with E-state index in [4.69, 9.17) is 16.3 Å². The fourth-order valence-electron chi connectivity index (χ4n) is 3.78. The number of nitrogens with zero attached hydrogens (tertiary/aromatic N) is 1. The van der Waals surface area contributed by atoms with Crippen LogP contribution in [0.4, 0.5) is 5.69 Å². The van der Waals surface area contributed by atoms with Crippen LogP contribution in [-0.4, -0.2) is 37.7 Å². The first-order valence-electron chi connectivity index (χ1n) is 11.2. The van der Waals surface area contributed by atoms with Crippen molar-refractivity contribution < 1.29 is 22.7 Å². The van der Waals surface area contributed by atoms with Crippen LogP contribution in [0.5, 0.6) is 5.75 Å². The topological polar surface area (TPSA) is 92.8 Å². The Kier molecular flexibility index (Phi) is 7.54. The number of sulfonamides is 1. The van der Waals surface area contributed by atoms with Crippen LogP contribution in [-0.2, 0) is 10.0 Å². The summed E-state index contributed by atoms with van der Waals surface area (Å²) < 4.78 is 32.9. The number of hydrogen-bond donors (Lipinski definition) is 1. The van der Waals surface area contributed by atoms with Gasteiger partial charge in [-0.25, -0.2) is 13.2 Å². The van der Waals surface area contributed by atoms with E-state index >= 15 is 0 Å². The van der Waals surface area contributed by atoms with E-state index in [0.29, 0.717) is 24.3 Å². The Bertz CT molecular complexity index is 1350. The van der Waals surface area contributed by atoms with Gasteiger partial charge in [0.05, 0.1) is 15.5 Å². The Balaban J connectivity index is 1.50. The van der Waals surface area contributed by atoms with E-state index in [0.717, 1.165) is 24.8 Å². The molecule has 7 nitrogen and oxygen atoms in total. The lowest BCUT2D eigenvalue weighted by Crippen LogP contribution is -2.35. The molecule has 0 radical (unpaired) electrons. The number of amides is 1. The van der Waals surface area contributed by atoms with Gasteiger partial charge in [-0.2, -0.15) is 4.31 Å². The second-order valence-electron chi connectivity index (χ2n) is 8.34. The van der Waals surface area contributed by atoms with Gasteiger partial charge in [0.2, 0.25) is 10.0 Å². The van der Waals surface area contributed by atoms with Crippen molar-refractivity contribution in [2.45, 2.75) is 31.1 Å². The van der Waals surface area contributed by atoms with Gasteiger partial charge in [0, 0.05) is 30.4 Å². The molecule has 1 aliphatic heterocycles. The number of anilines is 1. The molecule has 0 spiro atoms. The maximum atomic E-state index is 13.0. The number of halogens is 1. The van der Waals surface area contributed by atoms with Crippen molar-refractivity contribution in [3.05, 3.63) is 88.4 Å². The largest absolute Gasteiger partial charge is 0.423 e. The second-order valence-corrected chi connectivity index (χ2v) is 10.7. The van der Waals surface area contributed by atoms with Gasteiger partial charge in [-0.15, -0.1) is 0 Å². The molecule has 0 aromatic heterocycles. The number of rotatable bonds is 6. The lowest BCUT2D eigenvalue weighted by atomic mass is 10.1. The highest BCUT2D eigenvalue weighted by Gasteiger charge is 2.27. The molecule has 0 aliphatic carbocycles. The molecule has 182 valence electrons. The minimum absolute atomic E-state index is 0.00476. The lowest BCUT2D eigenvalue weighted by molar-refractivity contribution is 0.0734. The number of nitrogens with one attached hydrogen (secondary N) is 1. The monoisotopic (exact) mass is 512 g/mol. The fraction of sp³-hybridized carbons (Fsp3) is 0.231. The number of hydrogen-bond acceptors (Lipinski definition) is 5. The first-order valence-corrected chi connectivity index (χ1v) is 13.1. The van der Waals surface area contributed by atoms with Gasteiger partial charge < -0.3 is 10.1 Å². The molecule has 1 fully saturated rings. The maximum absolute atomic E-state index is 13.0. The first kappa shape index (κ1) is 24.9. The molecule has 35 heavy (non-hydrogen) atoms. The molecule has 0 unspecified atom stereocenters. The second kappa shape index (κ2) is 10.6. The van der Waals surface area contributed by atoms with Gasteiger partial charge in [-0.3, -0.25) is 4.79 Å². The Morgan fingerprint density at radius 3 is 2.37 bits per heavy atom. The van der Waals surface area contributed by atoms with Crippen LogP contribution in [0, 0.1) is 6.92 Å². The lowest BCUT2D eigenvalue weighted by Gasteiger charge is -2.26. The highest BCUT2D eigenvalue weighted by molar-refractivity contribution is 7.89. The third-order valence-corrected chi connectivity index (χ3v) is 7.95. The molecule has 1 saturated heterocycles. The third kappa shape index (κ3) is 5.90. The quantitative estimate of drug-likeness (QED) is 0.357. The van der Waals surface area contributed by atoms with Crippen molar-refractivity contribution in [1.82, 2.24) is 4.31 Å². The molecule has 4 rings (SSSR count). The summed E-state index contributed by atoms with van der Waals surface area (Å²) in [7, 11) is -3.74. The minimum Gasteiger partial charge on any atom is -0.423 e. The summed E-state index contributed by atoms with van der Waals surface area (Å²) in [6, 6.07) is 17.5. The van der Waals surface area contributed by atoms with E-state index in [1.807, 2.05) is 19.1 Å². The molecular formula is C26H25ClN2O5S. The van der Waals surface area contributed by atoms with Crippen LogP contribution >= 0.6 is 11.6 Å². The van der Waals surface area contributed by atoms with Gasteiger partial charge in [-0.1, -0.05) is 41.8 Å². The molecule has 1 amide bonds. The number of piperidine rings is 1. The first-order chi connectivity index (χ1) is 16.7. The van der Waals surface area contributed by atoms with E-state index in [9.17, 15) is 18.0 Å². The fourth-order valence-corrected chi connectivity index (χ4v) is 5.52. The number of esters is 1. The normalized spacial score (nSPS) is 14.3. The zero-order valence-electron chi connectivity index (χ0n) is 19.2. The number of aryl methyl sites for hydroxylation is 1. The Hall–Kier alpha value is -3.20. The average Bonchev–Trinajstić information content (AvgIpc) is 2.85. The van der Waals surface area contributed by atoms with E-state index in [1.165, 1.54) is 28.6 Å². The summed E-state index contributed by atoms with van der Waals surface area (Å²) in [5.41, 5.74) is 1.92. The van der Waals surface area contributed by atoms with Crippen molar-refractivity contribution in [3.63, 3.8) is 0 Å². The predicted molar refractivity (Wildman–Crippen MR) is 135 cm³/mol. The van der Waals surface area contributed by atoms with Crippen LogP contribution in [0.1, 0.15) is 45.5 Å². The Morgan fingerprint density at radius 2 is 1.66 bits per heavy atom. The Labute approximate surface area is 209 Å². The molecule has 0 bridgehead atoms. The summed E-state index contributed by atoms with van der Waals surface area (Å²) in [5, 5.41) is 2.85. The highest BCUT2D eigenvalue weighted by atomic mass is 35.5. The van der Waals surface area contributed by atoms with Crippen molar-refractivity contribution in [3.8, 4) is 5.75 Å². The summed E-state index contributed by atoms with van der Waals surface area (Å²) in [4.78, 5) is 25.4. The number of carbonyl (C=O) groups is 2. The van der Waals surface area contributed by atoms with Gasteiger partial charge >= 0.3 is 5.97 Å². The van der Waals surface area contributed by atoms with Crippen LogP contribution in [0.25, 0.3) is 0 Å². The molecule has 0 atom stereocenters. The molecule has 3 aromatic rings. The molecule has 1 N–H and O–H groups in total. The van der Waals surface area contributed by atoms with Crippen LogP contribution in [0.3, 0.4) is 0 Å². The number of benzene rings is 3. The maximum Gasteiger partial charge on any atom is 0.345 e. The van der Waals surface area contributed by atoms with Gasteiger partial charge in [0.25, 0.3) is 5.91 Å². The van der Waals surface area contributed by atoms with E-state index in [2.05, 4.69) is 5.32 Å². The van der Waals surface area contributed by atoms with E-state index < -0.39 is 16.0 Å². The van der Waals surface area contributed by atoms with Gasteiger partial charge in [0.1, 0.15) is 5.75 Å². The summed E-state index contributed by atoms with van der Waals surface area (Å²) in [6.07, 6.45) is 2.60. The van der Waals surface area contributed by atoms with Crippen molar-refractivity contribution in [2.24, 2.45) is 0 Å². The summed E-state index contributed by atoms with van der Waals surface area (Å²) in [5.74, 6) is -0.920. The zero-order valence-corrected chi connectivity index (χ0v) is 20.7. The number of carbonyl (C=O) groups excluding carboxylic acids is 2. The molecule has 3 aromatic carbocycles. The molecule has 9 heteroatoms. The number of ether oxygens (including phenoxy) is 1. The smallest absolute Gasteiger partial charge is 0.345 e. The van der Waals surface area contributed by atoms with Crippen LogP contribution in [0.2, 0.25) is 5.02 Å². The predicted octanol–water partition coefficient (Wildman–Crippen LogP) is 5.29. The zero-order chi connectivity index (χ0) is 25.0. The van der Waals surface area contributed by atoms with Crippen molar-refractivity contribution in [1.29, 1.82) is 0 Å². The Morgan fingerprint density at radius 1 is 0.943 bits per heavy atom. The highest BCUT2D eigenvalue weighted by Crippen LogP contribution is 2.27. The third-order valence-electron chi connectivity index (χ3n) is 5.73. The average molecular weight is 513 g/mol. The minimum atomic E-state index is -3.74. The molecule has 1 heterocycles. The van der Waals surface area contributed by atoms with Crippen LogP contribution in [0.15, 0.2) is 71.6 Å². The summed E-state index contributed by atoms with van der Waals surface area (Å²) >= 11 is 6.21. The van der Waals surface area contributed by atoms with E-state index in [-0.39, 0.29) is 27.1 Å². The SMILES string of the molecule is Cc1ccc(C(=O)Nc2cccc(OC(=O)c3cc(S(=O)(=O)N4CCCCC4)ccc3Cl)c2)cc1. The van der Waals surface area contributed by atoms with Gasteiger partial charge in [-0.05, 0) is 62.2 Å². The standard InChI is InChI=1S/C26H25ClN2O5S/c1-18-8-10-19(11-9-18)25(30)28-20-6-5-7-21(16-20)34-26(31)23-17-22(12-13-24(23)27)35(32,33)29-14-3-2-4-15-29/h5-13,16-17H,2-4,14-15H2,1H3,(H,28,30). The van der Waals surface area contributed by atoms with E-state index in [1.54, 1.807) is 30.3 Å². The molecule has 0 saturated carbocycles. The van der Waals surface area contributed by atoms with Crippen molar-refractivity contribution >= 4 is 39.2 Å². The van der Waals surface area contributed by atoms with Gasteiger partial charge in [0.15, 0.2) is 0 Å².